The van der Waals surface area contributed by atoms with E-state index in [0.29, 0.717) is 0 Å². The van der Waals surface area contributed by atoms with E-state index >= 15 is 0 Å². The summed E-state index contributed by atoms with van der Waals surface area (Å²) in [4.78, 5) is 10.5. The average molecular weight is 1080 g/mol. The molecule has 0 bridgehead atoms. The minimum atomic E-state index is 1.15. The maximum Gasteiger partial charge on any atom is 0.101 e. The van der Waals surface area contributed by atoms with Crippen LogP contribution in [0.25, 0.3) is 148 Å². The Balaban J connectivity index is 0.805. The molecule has 0 unspecified atom stereocenters. The number of hydrogen-bond donors (Lipinski definition) is 0. The van der Waals surface area contributed by atoms with Crippen LogP contribution in [-0.4, -0.2) is 18.3 Å². The molecule has 0 aliphatic rings. The lowest BCUT2D eigenvalue weighted by atomic mass is 10.1. The van der Waals surface area contributed by atoms with Crippen molar-refractivity contribution >= 4 is 155 Å². The van der Waals surface area contributed by atoms with Gasteiger partial charge in [-0.1, -0.05) is 84.9 Å². The number of hydrogen-bond acceptors (Lipinski definition) is 6. The number of nitrogens with zero attached hydrogens (tertiary/aromatic N) is 4. The lowest BCUT2D eigenvalue weighted by Crippen LogP contribution is -1.96. The Morgan fingerprint density at radius 3 is 0.934 bits per heavy atom. The van der Waals surface area contributed by atoms with Crippen molar-refractivity contribution in [3.63, 3.8) is 0 Å². The van der Waals surface area contributed by atoms with Crippen LogP contribution in [0.5, 0.6) is 0 Å². The monoisotopic (exact) mass is 1080 g/mol. The van der Waals surface area contributed by atoms with E-state index in [4.69, 9.17) is 0 Å². The first-order valence-electron chi connectivity index (χ1n) is 25.2. The summed E-state index contributed by atoms with van der Waals surface area (Å²) >= 11 is 11.1. The molecule has 0 atom stereocenters. The molecule has 76 heavy (non-hydrogen) atoms. The molecule has 0 spiro atoms. The Bertz CT molecular complexity index is 4810. The standard InChI is InChI=1S/C66H38N4S6/c1-5-15-49-43(13-1)47-37-56-48(38-55(47)67(49)39-21-23-53-45(35-39)41-11-3-7-17-51(41)69(53)65-31-29-63(75-65)61-27-25-59(73-61)57-19-9-33-71-57)44-14-2-6-16-50(44)68(56)40-22-24-54-46(36-40)42-12-4-8-18-52(42)70(54)66-32-30-64(76-66)62-28-26-60(74-62)58-20-10-34-72-58/h1-38H. The molecular weight excluding hydrogens is 1040 g/mol. The molecule has 4 nitrogen and oxygen atoms in total. The zero-order chi connectivity index (χ0) is 49.6. The van der Waals surface area contributed by atoms with E-state index in [1.807, 2.05) is 45.3 Å². The SMILES string of the molecule is c1csc(-c2ccc(-c3ccc(-n4c5ccccc5c5cc(-n6c7ccccc7c7cc8c(cc76)c6ccccc6n8-c6ccc7c(c6)c6ccccc6n7-c6ccc(-c7ccc(-c8cccs8)s7)s6)ccc54)s3)s2)c1. The fourth-order valence-corrected chi connectivity index (χ4v) is 17.8. The van der Waals surface area contributed by atoms with Crippen molar-refractivity contribution in [3.05, 3.63) is 229 Å². The Labute approximate surface area is 459 Å². The summed E-state index contributed by atoms with van der Waals surface area (Å²) in [6.07, 6.45) is 0. The number of rotatable bonds is 8. The van der Waals surface area contributed by atoms with Gasteiger partial charge in [-0.25, -0.2) is 0 Å². The van der Waals surface area contributed by atoms with Crippen LogP contribution in [0.3, 0.4) is 0 Å². The van der Waals surface area contributed by atoms with Crippen LogP contribution < -0.4 is 0 Å². The molecule has 10 aromatic heterocycles. The zero-order valence-electron chi connectivity index (χ0n) is 40.2. The van der Waals surface area contributed by atoms with Crippen LogP contribution in [-0.2, 0) is 0 Å². The van der Waals surface area contributed by atoms with Crippen molar-refractivity contribution in [2.24, 2.45) is 0 Å². The Kier molecular flexibility index (Phi) is 9.51. The van der Waals surface area contributed by atoms with Crippen LogP contribution >= 0.6 is 68.0 Å². The maximum absolute atomic E-state index is 2.49. The van der Waals surface area contributed by atoms with E-state index in [1.165, 1.54) is 136 Å². The summed E-state index contributed by atoms with van der Waals surface area (Å²) in [5, 5.41) is 16.7. The third-order valence-corrected chi connectivity index (χ3v) is 22.0. The highest BCUT2D eigenvalue weighted by Gasteiger charge is 2.23. The minimum absolute atomic E-state index is 1.15. The molecule has 358 valence electrons. The lowest BCUT2D eigenvalue weighted by Gasteiger charge is -2.11. The van der Waals surface area contributed by atoms with Gasteiger partial charge in [0.2, 0.25) is 0 Å². The maximum atomic E-state index is 2.49. The van der Waals surface area contributed by atoms with Gasteiger partial charge in [0, 0.05) is 93.5 Å². The van der Waals surface area contributed by atoms with E-state index < -0.39 is 0 Å². The van der Waals surface area contributed by atoms with Gasteiger partial charge < -0.3 is 18.3 Å². The van der Waals surface area contributed by atoms with E-state index in [2.05, 4.69) is 247 Å². The molecule has 0 aliphatic carbocycles. The van der Waals surface area contributed by atoms with Gasteiger partial charge in [0.25, 0.3) is 0 Å². The fraction of sp³-hybridized carbons (Fsp3) is 0. The third kappa shape index (κ3) is 6.43. The molecule has 0 aliphatic heterocycles. The molecule has 0 radical (unpaired) electrons. The summed E-state index contributed by atoms with van der Waals surface area (Å²) in [5.41, 5.74) is 11.9. The molecule has 0 fully saturated rings. The van der Waals surface area contributed by atoms with Gasteiger partial charge in [-0.2, -0.15) is 0 Å². The van der Waals surface area contributed by atoms with Crippen molar-refractivity contribution in [2.75, 3.05) is 0 Å². The number of para-hydroxylation sites is 4. The molecule has 17 aromatic rings. The molecule has 7 aromatic carbocycles. The van der Waals surface area contributed by atoms with Crippen LogP contribution in [0.4, 0.5) is 0 Å². The Hall–Kier alpha value is -8.06. The fourth-order valence-electron chi connectivity index (χ4n) is 11.9. The van der Waals surface area contributed by atoms with Gasteiger partial charge in [-0.15, -0.1) is 68.0 Å². The van der Waals surface area contributed by atoms with E-state index in [-0.39, 0.29) is 0 Å². The van der Waals surface area contributed by atoms with Crippen molar-refractivity contribution in [2.45, 2.75) is 0 Å². The van der Waals surface area contributed by atoms with Gasteiger partial charge in [0.1, 0.15) is 10.0 Å². The van der Waals surface area contributed by atoms with Crippen molar-refractivity contribution in [1.82, 2.24) is 18.3 Å². The number of benzene rings is 7. The van der Waals surface area contributed by atoms with E-state index in [0.717, 1.165) is 11.4 Å². The van der Waals surface area contributed by atoms with Gasteiger partial charge >= 0.3 is 0 Å². The molecule has 0 saturated carbocycles. The predicted octanol–water partition coefficient (Wildman–Crippen LogP) is 21.1. The zero-order valence-corrected chi connectivity index (χ0v) is 45.1. The second kappa shape index (κ2) is 16.7. The van der Waals surface area contributed by atoms with Gasteiger partial charge in [0.05, 0.1) is 44.1 Å². The highest BCUT2D eigenvalue weighted by Crippen LogP contribution is 2.46. The summed E-state index contributed by atoms with van der Waals surface area (Å²) in [7, 11) is 0. The molecule has 0 amide bonds. The van der Waals surface area contributed by atoms with Crippen molar-refractivity contribution < 1.29 is 0 Å². The second-order valence-electron chi connectivity index (χ2n) is 19.3. The molecular formula is C66H38N4S6. The molecule has 0 N–H and O–H groups in total. The summed E-state index contributed by atoms with van der Waals surface area (Å²) < 4.78 is 9.90. The van der Waals surface area contributed by atoms with E-state index in [9.17, 15) is 0 Å². The van der Waals surface area contributed by atoms with E-state index in [1.54, 1.807) is 22.7 Å². The van der Waals surface area contributed by atoms with Gasteiger partial charge in [-0.3, -0.25) is 0 Å². The smallest absolute Gasteiger partial charge is 0.101 e. The van der Waals surface area contributed by atoms with Crippen LogP contribution in [0.1, 0.15) is 0 Å². The van der Waals surface area contributed by atoms with Crippen molar-refractivity contribution in [1.29, 1.82) is 0 Å². The van der Waals surface area contributed by atoms with Crippen LogP contribution in [0.2, 0.25) is 0 Å². The summed E-state index contributed by atoms with van der Waals surface area (Å²) in [6, 6.07) is 81.7. The Morgan fingerprint density at radius 1 is 0.211 bits per heavy atom. The molecule has 17 rings (SSSR count). The number of aromatic nitrogens is 4. The molecule has 10 heteroatoms. The normalized spacial score (nSPS) is 12.2. The third-order valence-electron chi connectivity index (χ3n) is 15.1. The predicted molar refractivity (Wildman–Crippen MR) is 333 cm³/mol. The summed E-state index contributed by atoms with van der Waals surface area (Å²) in [6.45, 7) is 0. The second-order valence-corrected chi connectivity index (χ2v) is 25.4. The van der Waals surface area contributed by atoms with Gasteiger partial charge in [0.15, 0.2) is 0 Å². The first-order chi connectivity index (χ1) is 37.7. The van der Waals surface area contributed by atoms with Gasteiger partial charge in [-0.05, 0) is 144 Å². The average Bonchev–Trinajstić information content (AvgIpc) is 4.32. The highest BCUT2D eigenvalue weighted by atomic mass is 32.1. The topological polar surface area (TPSA) is 19.7 Å². The molecule has 0 saturated heterocycles. The first kappa shape index (κ1) is 43.2. The number of fused-ring (bicyclic) bond motifs is 12. The number of thiophene rings is 6. The largest absolute Gasteiger partial charge is 0.309 e. The van der Waals surface area contributed by atoms with Crippen LogP contribution in [0.15, 0.2) is 229 Å². The lowest BCUT2D eigenvalue weighted by molar-refractivity contribution is 1.17. The Morgan fingerprint density at radius 2 is 0.539 bits per heavy atom. The highest BCUT2D eigenvalue weighted by molar-refractivity contribution is 7.27. The summed E-state index contributed by atoms with van der Waals surface area (Å²) in [5.74, 6) is 0. The van der Waals surface area contributed by atoms with Crippen molar-refractivity contribution in [3.8, 4) is 60.4 Å². The first-order valence-corrected chi connectivity index (χ1v) is 30.2. The molecule has 10 heterocycles. The minimum Gasteiger partial charge on any atom is -0.309 e. The quantitative estimate of drug-likeness (QED) is 0.145. The van der Waals surface area contributed by atoms with Crippen LogP contribution in [0, 0.1) is 0 Å².